The molecule has 0 unspecified atom stereocenters. The topological polar surface area (TPSA) is 64.9 Å². The minimum atomic E-state index is 0.685. The second-order valence-electron chi connectivity index (χ2n) is 4.06. The van der Waals surface area contributed by atoms with E-state index in [1.807, 2.05) is 19.2 Å². The van der Waals surface area contributed by atoms with Crippen LogP contribution in [-0.4, -0.2) is 26.9 Å². The monoisotopic (exact) mass is 325 g/mol. The molecule has 0 atom stereocenters. The summed E-state index contributed by atoms with van der Waals surface area (Å²) in [6, 6.07) is 3.63. The second-order valence-corrected chi connectivity index (χ2v) is 4.88. The fourth-order valence-electron chi connectivity index (χ4n) is 1.70. The zero-order chi connectivity index (χ0) is 13.8. The van der Waals surface area contributed by atoms with Gasteiger partial charge in [0.25, 0.3) is 0 Å². The van der Waals surface area contributed by atoms with Gasteiger partial charge in [0.1, 0.15) is 16.2 Å². The molecule has 0 amide bonds. The van der Waals surface area contributed by atoms with Gasteiger partial charge in [0.15, 0.2) is 5.82 Å². The first-order chi connectivity index (χ1) is 9.12. The maximum absolute atomic E-state index is 5.17. The van der Waals surface area contributed by atoms with E-state index in [0.29, 0.717) is 17.5 Å². The molecule has 0 fully saturated rings. The van der Waals surface area contributed by atoms with Gasteiger partial charge in [0.05, 0.1) is 7.11 Å². The van der Waals surface area contributed by atoms with Gasteiger partial charge >= 0.3 is 0 Å². The van der Waals surface area contributed by atoms with Crippen LogP contribution in [0.4, 0.5) is 11.6 Å². The standard InChI is InChI=1S/C12H16BrN5O/c1-4-5-9-14-8(13)6-10(15-9)16-11-7-12(19-3)18(2)17-11/h6-7H,4-5H2,1-3H3,(H,14,15,16,17). The Kier molecular flexibility index (Phi) is 4.36. The van der Waals surface area contributed by atoms with Crippen LogP contribution in [0.3, 0.4) is 0 Å². The summed E-state index contributed by atoms with van der Waals surface area (Å²) in [6.45, 7) is 2.10. The number of halogens is 1. The third-order valence-corrected chi connectivity index (χ3v) is 2.92. The molecule has 2 aromatic rings. The number of ether oxygens (including phenoxy) is 1. The third kappa shape index (κ3) is 3.44. The number of hydrogen-bond acceptors (Lipinski definition) is 5. The van der Waals surface area contributed by atoms with Crippen molar-refractivity contribution >= 4 is 27.6 Å². The number of aromatic nitrogens is 4. The van der Waals surface area contributed by atoms with Crippen LogP contribution in [0.5, 0.6) is 5.88 Å². The van der Waals surface area contributed by atoms with Gasteiger partial charge in [-0.3, -0.25) is 0 Å². The van der Waals surface area contributed by atoms with Crippen molar-refractivity contribution in [2.75, 3.05) is 12.4 Å². The highest BCUT2D eigenvalue weighted by atomic mass is 79.9. The van der Waals surface area contributed by atoms with Crippen LogP contribution in [0.2, 0.25) is 0 Å². The van der Waals surface area contributed by atoms with Crippen LogP contribution in [0, 0.1) is 0 Å². The molecule has 0 aromatic carbocycles. The average molecular weight is 326 g/mol. The minimum Gasteiger partial charge on any atom is -0.481 e. The second kappa shape index (κ2) is 6.01. The van der Waals surface area contributed by atoms with E-state index in [1.165, 1.54) is 0 Å². The van der Waals surface area contributed by atoms with E-state index in [4.69, 9.17) is 4.74 Å². The fraction of sp³-hybridized carbons (Fsp3) is 0.417. The van der Waals surface area contributed by atoms with E-state index in [9.17, 15) is 0 Å². The highest BCUT2D eigenvalue weighted by molar-refractivity contribution is 9.10. The SMILES string of the molecule is CCCc1nc(Br)cc(Nc2cc(OC)n(C)n2)n1. The lowest BCUT2D eigenvalue weighted by Gasteiger charge is -2.05. The average Bonchev–Trinajstić information content (AvgIpc) is 2.69. The minimum absolute atomic E-state index is 0.685. The van der Waals surface area contributed by atoms with Gasteiger partial charge in [-0.1, -0.05) is 6.92 Å². The lowest BCUT2D eigenvalue weighted by molar-refractivity contribution is 0.373. The first-order valence-electron chi connectivity index (χ1n) is 6.01. The lowest BCUT2D eigenvalue weighted by atomic mass is 10.3. The van der Waals surface area contributed by atoms with E-state index in [2.05, 4.69) is 43.2 Å². The number of aryl methyl sites for hydroxylation is 2. The molecule has 0 radical (unpaired) electrons. The summed E-state index contributed by atoms with van der Waals surface area (Å²) >= 11 is 3.39. The summed E-state index contributed by atoms with van der Waals surface area (Å²) in [4.78, 5) is 8.76. The van der Waals surface area contributed by atoms with E-state index in [1.54, 1.807) is 11.8 Å². The molecule has 2 heterocycles. The maximum Gasteiger partial charge on any atom is 0.213 e. The molecule has 2 rings (SSSR count). The van der Waals surface area contributed by atoms with E-state index < -0.39 is 0 Å². The van der Waals surface area contributed by atoms with Crippen molar-refractivity contribution in [2.24, 2.45) is 7.05 Å². The Morgan fingerprint density at radius 2 is 2.11 bits per heavy atom. The molecule has 0 bridgehead atoms. The van der Waals surface area contributed by atoms with Crippen LogP contribution < -0.4 is 10.1 Å². The first kappa shape index (κ1) is 13.8. The molecule has 0 aliphatic rings. The summed E-state index contributed by atoms with van der Waals surface area (Å²) in [5, 5.41) is 7.43. The highest BCUT2D eigenvalue weighted by Crippen LogP contribution is 2.20. The molecular formula is C12H16BrN5O. The van der Waals surface area contributed by atoms with Gasteiger partial charge in [0, 0.05) is 25.6 Å². The molecule has 1 N–H and O–H groups in total. The maximum atomic E-state index is 5.17. The molecule has 7 heteroatoms. The molecule has 102 valence electrons. The van der Waals surface area contributed by atoms with Gasteiger partial charge in [-0.25, -0.2) is 14.6 Å². The Morgan fingerprint density at radius 3 is 2.74 bits per heavy atom. The van der Waals surface area contributed by atoms with Crippen LogP contribution in [0.1, 0.15) is 19.2 Å². The number of nitrogens with one attached hydrogen (secondary N) is 1. The molecule has 6 nitrogen and oxygen atoms in total. The molecular weight excluding hydrogens is 310 g/mol. The lowest BCUT2D eigenvalue weighted by Crippen LogP contribution is -2.01. The normalized spacial score (nSPS) is 10.5. The third-order valence-electron chi connectivity index (χ3n) is 2.52. The van der Waals surface area contributed by atoms with Crippen molar-refractivity contribution in [3.63, 3.8) is 0 Å². The number of rotatable bonds is 5. The number of nitrogens with zero attached hydrogens (tertiary/aromatic N) is 4. The predicted octanol–water partition coefficient (Wildman–Crippen LogP) is 2.68. The van der Waals surface area contributed by atoms with Crippen LogP contribution >= 0.6 is 15.9 Å². The Bertz CT molecular complexity index is 569. The van der Waals surface area contributed by atoms with Crippen LogP contribution in [-0.2, 0) is 13.5 Å². The molecule has 2 aromatic heterocycles. The van der Waals surface area contributed by atoms with E-state index in [-0.39, 0.29) is 0 Å². The molecule has 0 aliphatic carbocycles. The van der Waals surface area contributed by atoms with Crippen molar-refractivity contribution in [3.8, 4) is 5.88 Å². The molecule has 0 saturated carbocycles. The highest BCUT2D eigenvalue weighted by Gasteiger charge is 2.07. The predicted molar refractivity (Wildman–Crippen MR) is 76.8 cm³/mol. The van der Waals surface area contributed by atoms with Crippen molar-refractivity contribution in [1.82, 2.24) is 19.7 Å². The summed E-state index contributed by atoms with van der Waals surface area (Å²) in [5.41, 5.74) is 0. The van der Waals surface area contributed by atoms with Gasteiger partial charge in [0.2, 0.25) is 5.88 Å². The Hall–Kier alpha value is -1.63. The van der Waals surface area contributed by atoms with Crippen molar-refractivity contribution < 1.29 is 4.74 Å². The van der Waals surface area contributed by atoms with Crippen molar-refractivity contribution in [2.45, 2.75) is 19.8 Å². The van der Waals surface area contributed by atoms with Crippen LogP contribution in [0.25, 0.3) is 0 Å². The quantitative estimate of drug-likeness (QED) is 0.856. The Balaban J connectivity index is 2.21. The molecule has 0 spiro atoms. The van der Waals surface area contributed by atoms with Crippen LogP contribution in [0.15, 0.2) is 16.7 Å². The van der Waals surface area contributed by atoms with Crippen molar-refractivity contribution in [3.05, 3.63) is 22.6 Å². The summed E-state index contributed by atoms with van der Waals surface area (Å²) in [5.74, 6) is 2.89. The Labute approximate surface area is 120 Å². The van der Waals surface area contributed by atoms with Gasteiger partial charge in [-0.05, 0) is 22.4 Å². The number of hydrogen-bond donors (Lipinski definition) is 1. The molecule has 19 heavy (non-hydrogen) atoms. The largest absolute Gasteiger partial charge is 0.481 e. The van der Waals surface area contributed by atoms with E-state index >= 15 is 0 Å². The Morgan fingerprint density at radius 1 is 1.32 bits per heavy atom. The number of anilines is 2. The zero-order valence-corrected chi connectivity index (χ0v) is 12.7. The van der Waals surface area contributed by atoms with Gasteiger partial charge in [-0.15, -0.1) is 0 Å². The molecule has 0 aliphatic heterocycles. The van der Waals surface area contributed by atoms with E-state index in [0.717, 1.165) is 23.3 Å². The number of methoxy groups -OCH3 is 1. The smallest absolute Gasteiger partial charge is 0.213 e. The summed E-state index contributed by atoms with van der Waals surface area (Å²) in [7, 11) is 3.43. The first-order valence-corrected chi connectivity index (χ1v) is 6.80. The van der Waals surface area contributed by atoms with Gasteiger partial charge < -0.3 is 10.1 Å². The van der Waals surface area contributed by atoms with Gasteiger partial charge in [-0.2, -0.15) is 5.10 Å². The summed E-state index contributed by atoms with van der Waals surface area (Å²) < 4.78 is 7.59. The zero-order valence-electron chi connectivity index (χ0n) is 11.1. The summed E-state index contributed by atoms with van der Waals surface area (Å²) in [6.07, 6.45) is 1.85. The molecule has 0 saturated heterocycles. The fourth-order valence-corrected chi connectivity index (χ4v) is 2.12. The van der Waals surface area contributed by atoms with Crippen molar-refractivity contribution in [1.29, 1.82) is 0 Å².